The third kappa shape index (κ3) is 9.22. The zero-order valence-corrected chi connectivity index (χ0v) is 43.4. The first-order valence-corrected chi connectivity index (χ1v) is 26.2. The van der Waals surface area contributed by atoms with E-state index in [0.29, 0.717) is 51.2 Å². The second kappa shape index (κ2) is 20.6. The number of ether oxygens (including phenoxy) is 2. The van der Waals surface area contributed by atoms with Crippen LogP contribution in [-0.4, -0.2) is 167 Å². The highest BCUT2D eigenvalue weighted by atomic mass is 79.9. The van der Waals surface area contributed by atoms with E-state index in [1.807, 2.05) is 84.7 Å². The minimum atomic E-state index is -1.55. The van der Waals surface area contributed by atoms with Gasteiger partial charge in [0.05, 0.1) is 54.8 Å². The number of anilines is 2. The number of hydrogen-bond acceptors (Lipinski definition) is 16. The van der Waals surface area contributed by atoms with Crippen LogP contribution in [0.2, 0.25) is 0 Å². The minimum Gasteiger partial charge on any atom is -0.496 e. The number of imidazole rings is 2. The molecule has 4 saturated heterocycles. The lowest BCUT2D eigenvalue weighted by Crippen LogP contribution is -2.52. The van der Waals surface area contributed by atoms with Crippen molar-refractivity contribution in [1.82, 2.24) is 69.6 Å². The molecule has 24 heteroatoms. The number of nitrogens with zero attached hydrogens (tertiary/aromatic N) is 14. The number of hydrogen-bond donors (Lipinski definition) is 4. The zero-order chi connectivity index (χ0) is 52.0. The van der Waals surface area contributed by atoms with Gasteiger partial charge in [0.15, 0.2) is 11.3 Å². The number of halogens is 1. The van der Waals surface area contributed by atoms with Crippen molar-refractivity contribution in [3.05, 3.63) is 136 Å². The minimum absolute atomic E-state index is 0.00989. The van der Waals surface area contributed by atoms with E-state index >= 15 is 0 Å². The topological polar surface area (TPSA) is 242 Å². The van der Waals surface area contributed by atoms with Gasteiger partial charge in [-0.25, -0.2) is 48.5 Å². The monoisotopic (exact) mass is 1090 g/mol. The number of carbonyl (C=O) groups excluding carboxylic acids is 2. The summed E-state index contributed by atoms with van der Waals surface area (Å²) < 4.78 is 15.9. The molecule has 4 fully saturated rings. The first kappa shape index (κ1) is 49.0. The number of fused-ring (bicyclic) bond motifs is 8. The Morgan fingerprint density at radius 2 is 1.11 bits per heavy atom. The Morgan fingerprint density at radius 1 is 0.618 bits per heavy atom. The number of aromatic nitrogens is 10. The third-order valence-electron chi connectivity index (χ3n) is 15.1. The first-order valence-electron chi connectivity index (χ1n) is 25.4. The Labute approximate surface area is 445 Å². The number of piperazine rings is 2. The van der Waals surface area contributed by atoms with Gasteiger partial charge in [-0.3, -0.25) is 0 Å². The Morgan fingerprint density at radius 3 is 1.62 bits per heavy atom. The van der Waals surface area contributed by atoms with E-state index in [1.165, 1.54) is 29.2 Å². The van der Waals surface area contributed by atoms with Gasteiger partial charge in [0, 0.05) is 111 Å². The molecular weight excluding hydrogens is 1040 g/mol. The molecule has 4 atom stereocenters. The maximum Gasteiger partial charge on any atom is 0.491 e. The van der Waals surface area contributed by atoms with Gasteiger partial charge in [-0.2, -0.15) is 10.2 Å². The van der Waals surface area contributed by atoms with Crippen molar-refractivity contribution in [3.63, 3.8) is 0 Å². The maximum atomic E-state index is 11.9. The van der Waals surface area contributed by atoms with Crippen molar-refractivity contribution in [1.29, 1.82) is 0 Å². The summed E-state index contributed by atoms with van der Waals surface area (Å²) in [7, 11) is 1.88. The van der Waals surface area contributed by atoms with Gasteiger partial charge in [-0.05, 0) is 78.0 Å². The third-order valence-corrected chi connectivity index (χ3v) is 15.5. The number of rotatable bonds is 8. The van der Waals surface area contributed by atoms with Crippen molar-refractivity contribution in [2.24, 2.45) is 0 Å². The number of aryl methyl sites for hydroxylation is 2. The highest BCUT2D eigenvalue weighted by molar-refractivity contribution is 9.10. The zero-order valence-electron chi connectivity index (χ0n) is 41.8. The molecule has 6 aromatic heterocycles. The van der Waals surface area contributed by atoms with E-state index in [4.69, 9.17) is 34.6 Å². The summed E-state index contributed by atoms with van der Waals surface area (Å²) in [5, 5.41) is 33.2. The van der Waals surface area contributed by atoms with Gasteiger partial charge in [0.1, 0.15) is 16.1 Å². The largest absolute Gasteiger partial charge is 0.496 e. The first-order chi connectivity index (χ1) is 37.1. The van der Waals surface area contributed by atoms with Crippen LogP contribution in [0, 0.1) is 0 Å². The molecule has 4 amide bonds. The second-order valence-electron chi connectivity index (χ2n) is 19.4. The molecule has 8 aromatic rings. The summed E-state index contributed by atoms with van der Waals surface area (Å²) >= 11 is 3.45. The molecule has 2 aromatic carbocycles. The van der Waals surface area contributed by atoms with Crippen LogP contribution in [0.3, 0.4) is 0 Å². The number of carbonyl (C=O) groups is 2. The van der Waals surface area contributed by atoms with Crippen LogP contribution >= 0.6 is 15.9 Å². The van der Waals surface area contributed by atoms with E-state index in [-0.39, 0.29) is 41.4 Å². The predicted molar refractivity (Wildman–Crippen MR) is 285 cm³/mol. The average Bonchev–Trinajstić information content (AvgIpc) is 4.35. The quantitative estimate of drug-likeness (QED) is 0.159. The number of urea groups is 2. The van der Waals surface area contributed by atoms with Crippen LogP contribution in [0.5, 0.6) is 11.5 Å². The normalized spacial score (nSPS) is 20.2. The fraction of sp³-hybridized carbons (Fsp3) is 0.346. The highest BCUT2D eigenvalue weighted by Crippen LogP contribution is 2.43. The molecule has 2 aliphatic carbocycles. The molecule has 6 aliphatic rings. The summed E-state index contributed by atoms with van der Waals surface area (Å²) in [6.07, 6.45) is 10.4. The molecule has 10 heterocycles. The van der Waals surface area contributed by atoms with Crippen molar-refractivity contribution in [2.75, 3.05) is 76.4 Å². The van der Waals surface area contributed by atoms with E-state index in [9.17, 15) is 9.59 Å². The summed E-state index contributed by atoms with van der Waals surface area (Å²) in [4.78, 5) is 58.3. The summed E-state index contributed by atoms with van der Waals surface area (Å²) in [6, 6.07) is 24.6. The fourth-order valence-corrected chi connectivity index (χ4v) is 11.6. The molecule has 4 aliphatic heterocycles. The lowest BCUT2D eigenvalue weighted by atomic mass is 9.83. The van der Waals surface area contributed by atoms with Crippen molar-refractivity contribution < 1.29 is 29.1 Å². The Balaban J connectivity index is 0.000000124. The number of benzene rings is 2. The second-order valence-corrected chi connectivity index (χ2v) is 20.2. The number of para-hydroxylation sites is 2. The van der Waals surface area contributed by atoms with Crippen LogP contribution in [0.25, 0.3) is 22.6 Å². The van der Waals surface area contributed by atoms with Crippen molar-refractivity contribution in [2.45, 2.75) is 49.6 Å². The van der Waals surface area contributed by atoms with Crippen molar-refractivity contribution in [3.8, 4) is 22.8 Å². The van der Waals surface area contributed by atoms with E-state index in [1.54, 1.807) is 14.2 Å². The number of amides is 4. The van der Waals surface area contributed by atoms with E-state index < -0.39 is 7.12 Å². The lowest BCUT2D eigenvalue weighted by Gasteiger charge is -2.36. The van der Waals surface area contributed by atoms with Gasteiger partial charge < -0.3 is 49.8 Å². The smallest absolute Gasteiger partial charge is 0.491 e. The van der Waals surface area contributed by atoms with Crippen LogP contribution in [0.15, 0.2) is 102 Å². The molecular formula is C52H54BBrN16O6. The Hall–Kier alpha value is -7.96. The predicted octanol–water partition coefficient (Wildman–Crippen LogP) is 3.44. The van der Waals surface area contributed by atoms with Crippen LogP contribution in [0.4, 0.5) is 21.5 Å². The molecule has 0 spiro atoms. The Bertz CT molecular complexity index is 3460. The molecule has 76 heavy (non-hydrogen) atoms. The molecule has 0 saturated carbocycles. The Kier molecular flexibility index (Phi) is 13.3. The fourth-order valence-electron chi connectivity index (χ4n) is 11.4. The van der Waals surface area contributed by atoms with Gasteiger partial charge in [0.2, 0.25) is 11.9 Å². The summed E-state index contributed by atoms with van der Waals surface area (Å²) in [5.74, 6) is 3.52. The van der Waals surface area contributed by atoms with Crippen molar-refractivity contribution >= 4 is 63.8 Å². The molecule has 388 valence electrons. The maximum absolute atomic E-state index is 11.9. The molecule has 0 radical (unpaired) electrons. The van der Waals surface area contributed by atoms with Crippen LogP contribution < -0.4 is 35.4 Å². The molecule has 0 bridgehead atoms. The van der Waals surface area contributed by atoms with Crippen LogP contribution in [0.1, 0.15) is 58.6 Å². The lowest BCUT2D eigenvalue weighted by molar-refractivity contribution is 0.196. The summed E-state index contributed by atoms with van der Waals surface area (Å²) in [6.45, 7) is 5.44. The molecule has 22 nitrogen and oxygen atoms in total. The van der Waals surface area contributed by atoms with Crippen LogP contribution in [-0.2, 0) is 12.8 Å². The van der Waals surface area contributed by atoms with Gasteiger partial charge >= 0.3 is 19.2 Å². The molecule has 4 unspecified atom stereocenters. The average molecular weight is 1090 g/mol. The van der Waals surface area contributed by atoms with Gasteiger partial charge in [-0.15, -0.1) is 0 Å². The standard InChI is InChI=1S/C26H26N8O2.C16H14BrN3O.C10H14BN5O3/c1-36-22-5-3-2-4-18(22)19-6-7-21-24(19)34-23(30-21)9-8-20(31-34)16-12-27-25(28-13-16)32-10-11-33-17(15-32)14-29-26(33)35;1-21-13-5-3-2-4-10(13)11-6-7-12-16(11)20-15(18-12)9-8-14(17)19-20;17-10-14-5-8-6-15(1-2-16(8)10)9-12-3-7(4-13-9)11(18)19/h2-5,8-9,12-13,17,19H,6-7,10-11,14-15H2,1H3,(H,29,35);2-5,8-9,11H,6-7H2,1H3;3-4,8,18-19H,1-2,5-6H2,(H,14,17). The number of methoxy groups -OCH3 is 2. The number of nitrogens with one attached hydrogen (secondary N) is 2. The summed E-state index contributed by atoms with van der Waals surface area (Å²) in [5.41, 5.74) is 10.6. The highest BCUT2D eigenvalue weighted by Gasteiger charge is 2.38. The van der Waals surface area contributed by atoms with E-state index in [2.05, 4.69) is 80.8 Å². The molecule has 4 N–H and O–H groups in total. The van der Waals surface area contributed by atoms with Gasteiger partial charge in [-0.1, -0.05) is 36.4 Å². The van der Waals surface area contributed by atoms with E-state index in [0.717, 1.165) is 94.5 Å². The molecule has 14 rings (SSSR count). The SMILES string of the molecule is COc1ccccc1C1CCc2nc3ccc(-c4cnc(N5CCN6C(=O)NCC6C5)nc4)nn3c21.COc1ccccc1C1CCc2nc3ccc(Br)nn3c21.O=C1NCC2CN(c3ncc(B(O)O)cn3)CCN12. The van der Waals surface area contributed by atoms with Gasteiger partial charge in [0.25, 0.3) is 0 Å².